The Morgan fingerprint density at radius 2 is 1.81 bits per heavy atom. The van der Waals surface area contributed by atoms with Crippen molar-refractivity contribution in [3.05, 3.63) is 0 Å². The van der Waals surface area contributed by atoms with Gasteiger partial charge in [0.05, 0.1) is 6.04 Å². The van der Waals surface area contributed by atoms with Crippen molar-refractivity contribution < 1.29 is 14.3 Å². The van der Waals surface area contributed by atoms with Crippen molar-refractivity contribution in [2.45, 2.75) is 71.1 Å². The molecule has 1 aliphatic rings. The highest BCUT2D eigenvalue weighted by Crippen LogP contribution is 2.23. The number of carbonyl (C=O) groups excluding carboxylic acids is 2. The summed E-state index contributed by atoms with van der Waals surface area (Å²) in [5, 5.41) is 5.77. The van der Waals surface area contributed by atoms with Crippen molar-refractivity contribution >= 4 is 12.0 Å². The minimum Gasteiger partial charge on any atom is -0.444 e. The van der Waals surface area contributed by atoms with Gasteiger partial charge in [0, 0.05) is 12.6 Å². The number of rotatable bonds is 4. The van der Waals surface area contributed by atoms with E-state index in [1.165, 1.54) is 0 Å². The number of carbonyl (C=O) groups is 2. The second-order valence-electron chi connectivity index (χ2n) is 6.90. The summed E-state index contributed by atoms with van der Waals surface area (Å²) >= 11 is 0. The third-order valence-corrected chi connectivity index (χ3v) is 3.54. The fraction of sp³-hybridized carbons (Fsp3) is 0.867. The van der Waals surface area contributed by atoms with E-state index in [4.69, 9.17) is 10.5 Å². The van der Waals surface area contributed by atoms with Crippen molar-refractivity contribution in [1.82, 2.24) is 10.6 Å². The second kappa shape index (κ2) is 7.64. The Bertz CT molecular complexity index is 356. The van der Waals surface area contributed by atoms with Crippen LogP contribution < -0.4 is 16.4 Å². The molecule has 0 aliphatic heterocycles. The Morgan fingerprint density at radius 3 is 2.29 bits per heavy atom. The Kier molecular flexibility index (Phi) is 6.45. The smallest absolute Gasteiger partial charge is 0.407 e. The van der Waals surface area contributed by atoms with Gasteiger partial charge in [-0.05, 0) is 59.3 Å². The van der Waals surface area contributed by atoms with Crippen LogP contribution in [0, 0.1) is 5.92 Å². The second-order valence-corrected chi connectivity index (χ2v) is 6.90. The number of amides is 2. The largest absolute Gasteiger partial charge is 0.444 e. The van der Waals surface area contributed by atoms with Crippen molar-refractivity contribution in [2.75, 3.05) is 6.54 Å². The summed E-state index contributed by atoms with van der Waals surface area (Å²) in [5.41, 5.74) is 5.07. The molecule has 0 aromatic carbocycles. The van der Waals surface area contributed by atoms with Crippen LogP contribution in [0.1, 0.15) is 53.4 Å². The molecule has 1 fully saturated rings. The van der Waals surface area contributed by atoms with Crippen LogP contribution >= 0.6 is 0 Å². The predicted octanol–water partition coefficient (Wildman–Crippen LogP) is 1.53. The van der Waals surface area contributed by atoms with Gasteiger partial charge in [0.25, 0.3) is 0 Å². The van der Waals surface area contributed by atoms with Gasteiger partial charge >= 0.3 is 6.09 Å². The number of hydrogen-bond donors (Lipinski definition) is 3. The molecule has 0 bridgehead atoms. The number of hydrogen-bond acceptors (Lipinski definition) is 4. The summed E-state index contributed by atoms with van der Waals surface area (Å²) in [4.78, 5) is 23.1. The highest BCUT2D eigenvalue weighted by molar-refractivity contribution is 5.81. The molecule has 6 nitrogen and oxygen atoms in total. The van der Waals surface area contributed by atoms with Crippen LogP contribution in [-0.4, -0.2) is 36.2 Å². The molecule has 1 saturated carbocycles. The molecule has 6 heteroatoms. The minimum absolute atomic E-state index is 0.0923. The third-order valence-electron chi connectivity index (χ3n) is 3.54. The first-order valence-corrected chi connectivity index (χ1v) is 7.70. The predicted molar refractivity (Wildman–Crippen MR) is 81.8 cm³/mol. The Morgan fingerprint density at radius 1 is 1.24 bits per heavy atom. The van der Waals surface area contributed by atoms with E-state index < -0.39 is 11.6 Å². The molecule has 1 atom stereocenters. The molecular weight excluding hydrogens is 270 g/mol. The van der Waals surface area contributed by atoms with Crippen LogP contribution in [0.5, 0.6) is 0 Å². The lowest BCUT2D eigenvalue weighted by atomic mass is 9.86. The molecule has 0 saturated heterocycles. The van der Waals surface area contributed by atoms with Gasteiger partial charge in [-0.25, -0.2) is 4.79 Å². The van der Waals surface area contributed by atoms with Crippen LogP contribution in [-0.2, 0) is 9.53 Å². The van der Waals surface area contributed by atoms with E-state index in [1.54, 1.807) is 6.92 Å². The summed E-state index contributed by atoms with van der Waals surface area (Å²) in [5.74, 6) is 0.353. The van der Waals surface area contributed by atoms with E-state index in [2.05, 4.69) is 10.6 Å². The molecule has 1 aliphatic carbocycles. The van der Waals surface area contributed by atoms with E-state index in [1.807, 2.05) is 20.8 Å². The third kappa shape index (κ3) is 7.32. The molecule has 0 unspecified atom stereocenters. The van der Waals surface area contributed by atoms with E-state index in [9.17, 15) is 9.59 Å². The maximum absolute atomic E-state index is 11.6. The molecule has 122 valence electrons. The van der Waals surface area contributed by atoms with Gasteiger partial charge in [0.15, 0.2) is 0 Å². The summed E-state index contributed by atoms with van der Waals surface area (Å²) < 4.78 is 5.21. The SMILES string of the molecule is C[C@H](N)C(=O)NC1CCC(CNC(=O)OC(C)(C)C)CC1. The zero-order valence-corrected chi connectivity index (χ0v) is 13.6. The lowest BCUT2D eigenvalue weighted by Crippen LogP contribution is -2.45. The van der Waals surface area contributed by atoms with Crippen LogP contribution in [0.2, 0.25) is 0 Å². The van der Waals surface area contributed by atoms with E-state index >= 15 is 0 Å². The molecule has 0 spiro atoms. The monoisotopic (exact) mass is 299 g/mol. The van der Waals surface area contributed by atoms with E-state index in [0.717, 1.165) is 25.7 Å². The highest BCUT2D eigenvalue weighted by atomic mass is 16.6. The molecular formula is C15H29N3O3. The Balaban J connectivity index is 2.22. The average Bonchev–Trinajstić information content (AvgIpc) is 2.35. The van der Waals surface area contributed by atoms with Gasteiger partial charge < -0.3 is 21.1 Å². The minimum atomic E-state index is -0.467. The van der Waals surface area contributed by atoms with Gasteiger partial charge in [-0.1, -0.05) is 0 Å². The van der Waals surface area contributed by atoms with Gasteiger partial charge in [-0.2, -0.15) is 0 Å². The Labute approximate surface area is 127 Å². The first kappa shape index (κ1) is 17.8. The van der Waals surface area contributed by atoms with Gasteiger partial charge in [0.2, 0.25) is 5.91 Å². The highest BCUT2D eigenvalue weighted by Gasteiger charge is 2.24. The molecule has 0 aromatic rings. The van der Waals surface area contributed by atoms with E-state index in [0.29, 0.717) is 12.5 Å². The van der Waals surface area contributed by atoms with Crippen molar-refractivity contribution in [1.29, 1.82) is 0 Å². The summed E-state index contributed by atoms with van der Waals surface area (Å²) in [7, 11) is 0. The van der Waals surface area contributed by atoms with Crippen molar-refractivity contribution in [3.8, 4) is 0 Å². The fourth-order valence-corrected chi connectivity index (χ4v) is 2.39. The van der Waals surface area contributed by atoms with Gasteiger partial charge in [0.1, 0.15) is 5.60 Å². The standard InChI is InChI=1S/C15H29N3O3/c1-10(16)13(19)18-12-7-5-11(6-8-12)9-17-14(20)21-15(2,3)4/h10-12H,5-9,16H2,1-4H3,(H,17,20)(H,18,19)/t10-,11?,12?/m0/s1. The lowest BCUT2D eigenvalue weighted by molar-refractivity contribution is -0.122. The number of ether oxygens (including phenoxy) is 1. The number of nitrogens with one attached hydrogen (secondary N) is 2. The van der Waals surface area contributed by atoms with Crippen LogP contribution in [0.4, 0.5) is 4.79 Å². The molecule has 2 amide bonds. The van der Waals surface area contributed by atoms with Crippen LogP contribution in [0.15, 0.2) is 0 Å². The molecule has 0 aromatic heterocycles. The quantitative estimate of drug-likeness (QED) is 0.734. The zero-order chi connectivity index (χ0) is 16.0. The lowest BCUT2D eigenvalue weighted by Gasteiger charge is -2.30. The summed E-state index contributed by atoms with van der Waals surface area (Å²) in [6.45, 7) is 7.85. The zero-order valence-electron chi connectivity index (χ0n) is 13.6. The van der Waals surface area contributed by atoms with E-state index in [-0.39, 0.29) is 18.0 Å². The van der Waals surface area contributed by atoms with Gasteiger partial charge in [-0.3, -0.25) is 4.79 Å². The van der Waals surface area contributed by atoms with Crippen LogP contribution in [0.3, 0.4) is 0 Å². The van der Waals surface area contributed by atoms with Crippen molar-refractivity contribution in [2.24, 2.45) is 11.7 Å². The molecule has 1 rings (SSSR count). The molecule has 0 radical (unpaired) electrons. The molecule has 21 heavy (non-hydrogen) atoms. The number of alkyl carbamates (subject to hydrolysis) is 1. The Hall–Kier alpha value is -1.30. The topological polar surface area (TPSA) is 93.5 Å². The first-order valence-electron chi connectivity index (χ1n) is 7.70. The summed E-state index contributed by atoms with van der Waals surface area (Å²) in [6.07, 6.45) is 3.47. The summed E-state index contributed by atoms with van der Waals surface area (Å²) in [6, 6.07) is -0.252. The maximum atomic E-state index is 11.6. The van der Waals surface area contributed by atoms with Gasteiger partial charge in [-0.15, -0.1) is 0 Å². The maximum Gasteiger partial charge on any atom is 0.407 e. The van der Waals surface area contributed by atoms with Crippen LogP contribution in [0.25, 0.3) is 0 Å². The fourth-order valence-electron chi connectivity index (χ4n) is 2.39. The molecule has 0 heterocycles. The number of nitrogens with two attached hydrogens (primary N) is 1. The molecule has 4 N–H and O–H groups in total. The van der Waals surface area contributed by atoms with Crippen molar-refractivity contribution in [3.63, 3.8) is 0 Å². The first-order chi connectivity index (χ1) is 9.67. The average molecular weight is 299 g/mol. The normalized spacial score (nSPS) is 24.0.